The Morgan fingerprint density at radius 1 is 1.50 bits per heavy atom. The fourth-order valence-electron chi connectivity index (χ4n) is 1.24. The zero-order valence-corrected chi connectivity index (χ0v) is 12.3. The molecule has 0 saturated carbocycles. The van der Waals surface area contributed by atoms with Crippen molar-refractivity contribution in [2.45, 2.75) is 12.2 Å². The van der Waals surface area contributed by atoms with E-state index in [4.69, 9.17) is 9.84 Å². The van der Waals surface area contributed by atoms with Gasteiger partial charge in [0.25, 0.3) is 0 Å². The summed E-state index contributed by atoms with van der Waals surface area (Å²) in [6.07, 6.45) is -0.952. The molecule has 0 amide bonds. The average molecular weight is 283 g/mol. The zero-order chi connectivity index (χ0) is 9.42. The van der Waals surface area contributed by atoms with Gasteiger partial charge in [-0.3, -0.25) is 0 Å². The van der Waals surface area contributed by atoms with Gasteiger partial charge in [0.05, 0.1) is 0 Å². The molecule has 0 bridgehead atoms. The minimum absolute atomic E-state index is 0. The van der Waals surface area contributed by atoms with E-state index in [0.717, 1.165) is 10.0 Å². The number of hydrogen-bond donors (Lipinski definition) is 1. The van der Waals surface area contributed by atoms with Crippen LogP contribution in [0.5, 0.6) is 0 Å². The molecule has 5 heteroatoms. The minimum Gasteiger partial charge on any atom is -1.00 e. The van der Waals surface area contributed by atoms with E-state index < -0.39 is 12.1 Å². The van der Waals surface area contributed by atoms with Crippen molar-refractivity contribution in [1.29, 1.82) is 0 Å². The van der Waals surface area contributed by atoms with Crippen molar-refractivity contribution in [2.24, 2.45) is 0 Å². The van der Waals surface area contributed by atoms with Crippen LogP contribution in [0.3, 0.4) is 0 Å². The maximum Gasteiger partial charge on any atom is 1.00 e. The summed E-state index contributed by atoms with van der Waals surface area (Å²) in [4.78, 5) is 10.5. The number of carboxylic acids is 1. The van der Waals surface area contributed by atoms with Crippen LogP contribution < -0.4 is 51.4 Å². The summed E-state index contributed by atoms with van der Waals surface area (Å²) in [5.41, 5.74) is 0.898. The Balaban J connectivity index is 0.000000980. The number of ether oxygens (including phenoxy) is 1. The van der Waals surface area contributed by atoms with Crippen molar-refractivity contribution in [1.82, 2.24) is 0 Å². The minimum atomic E-state index is -0.902. The molecule has 0 radical (unpaired) electrons. The van der Waals surface area contributed by atoms with Crippen LogP contribution in [0.1, 0.15) is 13.1 Å². The molecule has 0 aliphatic carbocycles. The number of aliphatic carboxylic acids is 1. The first kappa shape index (κ1) is 12.8. The molecule has 1 saturated heterocycles. The third-order valence-corrected chi connectivity index (χ3v) is 2.67. The van der Waals surface area contributed by atoms with Crippen molar-refractivity contribution >= 4 is 21.9 Å². The summed E-state index contributed by atoms with van der Waals surface area (Å²) in [6, 6.07) is 7.47. The predicted molar refractivity (Wildman–Crippen MR) is 50.5 cm³/mol. The quantitative estimate of drug-likeness (QED) is 0.565. The summed E-state index contributed by atoms with van der Waals surface area (Å²) in [7, 11) is 0. The van der Waals surface area contributed by atoms with Crippen molar-refractivity contribution in [2.75, 3.05) is 0 Å². The molecule has 70 valence electrons. The Kier molecular flexibility index (Phi) is 4.77. The van der Waals surface area contributed by atoms with Crippen LogP contribution in [0, 0.1) is 0 Å². The SMILES string of the molecule is O=C(O)C1OC1c1ccccc1Br.[H-].[K+]. The number of epoxide rings is 1. The summed E-state index contributed by atoms with van der Waals surface area (Å²) in [5, 5.41) is 8.64. The smallest absolute Gasteiger partial charge is 1.00 e. The second-order valence-corrected chi connectivity index (χ2v) is 3.69. The molecule has 14 heavy (non-hydrogen) atoms. The van der Waals surface area contributed by atoms with Gasteiger partial charge in [0.2, 0.25) is 0 Å². The molecule has 1 N–H and O–H groups in total. The van der Waals surface area contributed by atoms with Crippen LogP contribution in [0.15, 0.2) is 28.7 Å². The molecule has 1 aromatic rings. The van der Waals surface area contributed by atoms with Crippen molar-refractivity contribution in [3.63, 3.8) is 0 Å². The number of carbonyl (C=O) groups is 1. The molecule has 1 fully saturated rings. The van der Waals surface area contributed by atoms with Gasteiger partial charge < -0.3 is 11.3 Å². The fraction of sp³-hybridized carbons (Fsp3) is 0.222. The van der Waals surface area contributed by atoms with E-state index in [0.29, 0.717) is 0 Å². The molecule has 2 unspecified atom stereocenters. The first-order valence-electron chi connectivity index (χ1n) is 3.83. The second-order valence-electron chi connectivity index (χ2n) is 2.84. The zero-order valence-electron chi connectivity index (χ0n) is 8.61. The normalized spacial score (nSPS) is 23.8. The number of hydrogen-bond acceptors (Lipinski definition) is 2. The molecular weight excluding hydrogens is 275 g/mol. The van der Waals surface area contributed by atoms with Crippen LogP contribution in [0.25, 0.3) is 0 Å². The average Bonchev–Trinajstić information content (AvgIpc) is 2.84. The fourth-order valence-corrected chi connectivity index (χ4v) is 1.75. The third-order valence-electron chi connectivity index (χ3n) is 1.95. The van der Waals surface area contributed by atoms with E-state index in [1.165, 1.54) is 0 Å². The van der Waals surface area contributed by atoms with Gasteiger partial charge in [-0.15, -0.1) is 0 Å². The number of halogens is 1. The summed E-state index contributed by atoms with van der Waals surface area (Å²) < 4.78 is 5.91. The summed E-state index contributed by atoms with van der Waals surface area (Å²) in [5.74, 6) is -0.902. The Hall–Kier alpha value is 0.766. The van der Waals surface area contributed by atoms with Crippen LogP contribution in [-0.4, -0.2) is 17.2 Å². The van der Waals surface area contributed by atoms with E-state index in [1.54, 1.807) is 0 Å². The summed E-state index contributed by atoms with van der Waals surface area (Å²) in [6.45, 7) is 0. The Morgan fingerprint density at radius 3 is 2.64 bits per heavy atom. The molecular formula is C9H8BrKO3. The Morgan fingerprint density at radius 2 is 2.14 bits per heavy atom. The van der Waals surface area contributed by atoms with Crippen LogP contribution in [0.4, 0.5) is 0 Å². The molecule has 1 heterocycles. The largest absolute Gasteiger partial charge is 1.00 e. The maximum atomic E-state index is 10.5. The first-order valence-corrected chi connectivity index (χ1v) is 4.62. The van der Waals surface area contributed by atoms with E-state index in [-0.39, 0.29) is 58.9 Å². The molecule has 3 nitrogen and oxygen atoms in total. The molecule has 2 atom stereocenters. The predicted octanol–water partition coefficient (Wildman–Crippen LogP) is -0.910. The van der Waals surface area contributed by atoms with Gasteiger partial charge in [-0.2, -0.15) is 0 Å². The Bertz CT molecular complexity index is 361. The number of rotatable bonds is 2. The molecule has 0 aromatic heterocycles. The van der Waals surface area contributed by atoms with Crippen LogP contribution in [0.2, 0.25) is 0 Å². The van der Waals surface area contributed by atoms with E-state index in [2.05, 4.69) is 15.9 Å². The van der Waals surface area contributed by atoms with Gasteiger partial charge in [-0.25, -0.2) is 4.79 Å². The van der Waals surface area contributed by atoms with Crippen molar-refractivity contribution in [3.8, 4) is 0 Å². The third kappa shape index (κ3) is 2.66. The van der Waals surface area contributed by atoms with Gasteiger partial charge in [-0.05, 0) is 11.6 Å². The standard InChI is InChI=1S/C9H7BrO3.K.H/c10-6-4-2-1-3-5(6)7-8(13-7)9(11)12;;/h1-4,7-8H,(H,11,12);;/q;+1;-1. The molecule has 1 aliphatic heterocycles. The number of benzene rings is 1. The summed E-state index contributed by atoms with van der Waals surface area (Å²) >= 11 is 3.34. The van der Waals surface area contributed by atoms with Gasteiger partial charge in [0, 0.05) is 4.47 Å². The van der Waals surface area contributed by atoms with Gasteiger partial charge in [0.15, 0.2) is 6.10 Å². The first-order chi connectivity index (χ1) is 6.20. The van der Waals surface area contributed by atoms with Gasteiger partial charge >= 0.3 is 57.4 Å². The van der Waals surface area contributed by atoms with E-state index >= 15 is 0 Å². The topological polar surface area (TPSA) is 49.8 Å². The maximum absolute atomic E-state index is 10.5. The van der Waals surface area contributed by atoms with Crippen LogP contribution >= 0.6 is 15.9 Å². The van der Waals surface area contributed by atoms with E-state index in [9.17, 15) is 4.79 Å². The van der Waals surface area contributed by atoms with E-state index in [1.807, 2.05) is 24.3 Å². The van der Waals surface area contributed by atoms with Crippen molar-refractivity contribution in [3.05, 3.63) is 34.3 Å². The monoisotopic (exact) mass is 282 g/mol. The molecule has 1 aliphatic rings. The van der Waals surface area contributed by atoms with Gasteiger partial charge in [0.1, 0.15) is 6.10 Å². The number of carboxylic acid groups (broad SMARTS) is 1. The van der Waals surface area contributed by atoms with Crippen molar-refractivity contribution < 1.29 is 67.4 Å². The second kappa shape index (κ2) is 5.20. The molecule has 0 spiro atoms. The van der Waals surface area contributed by atoms with Crippen LogP contribution in [-0.2, 0) is 9.53 Å². The molecule has 1 aromatic carbocycles. The Labute approximate surface area is 134 Å². The van der Waals surface area contributed by atoms with Gasteiger partial charge in [-0.1, -0.05) is 34.1 Å². The molecule has 2 rings (SSSR count).